The summed E-state index contributed by atoms with van der Waals surface area (Å²) in [6.07, 6.45) is -0.134. The van der Waals surface area contributed by atoms with E-state index in [1.807, 2.05) is 36.4 Å². The fourth-order valence-electron chi connectivity index (χ4n) is 2.11. The van der Waals surface area contributed by atoms with Crippen LogP contribution in [0.4, 0.5) is 0 Å². The largest absolute Gasteiger partial charge is 0.458 e. The fourth-order valence-corrected chi connectivity index (χ4v) is 3.03. The van der Waals surface area contributed by atoms with Gasteiger partial charge in [0.25, 0.3) is 0 Å². The zero-order valence-electron chi connectivity index (χ0n) is 11.9. The van der Waals surface area contributed by atoms with Crippen LogP contribution in [0.25, 0.3) is 11.3 Å². The molecule has 1 saturated heterocycles. The van der Waals surface area contributed by atoms with Crippen molar-refractivity contribution < 1.29 is 9.21 Å². The van der Waals surface area contributed by atoms with Crippen LogP contribution in [-0.2, 0) is 4.79 Å². The zero-order chi connectivity index (χ0) is 15.5. The number of ketones is 1. The summed E-state index contributed by atoms with van der Waals surface area (Å²) in [5, 5.41) is 4.01. The molecule has 0 saturated carbocycles. The molecule has 1 aromatic carbocycles. The Bertz CT molecular complexity index is 659. The SMILES string of the molecule is CC(=O)CSC1NNC(c2ccc(-c3ccc(Cl)cc3)o2)N1. The van der Waals surface area contributed by atoms with Gasteiger partial charge in [0, 0.05) is 10.6 Å². The number of hydrogen-bond acceptors (Lipinski definition) is 6. The first-order valence-corrected chi connectivity index (χ1v) is 8.28. The summed E-state index contributed by atoms with van der Waals surface area (Å²) in [4.78, 5) is 11.0. The molecular formula is C15H16ClN3O2S. The third kappa shape index (κ3) is 3.71. The minimum atomic E-state index is -0.134. The maximum atomic E-state index is 11.0. The van der Waals surface area contributed by atoms with E-state index in [1.165, 1.54) is 11.8 Å². The molecule has 2 aromatic rings. The summed E-state index contributed by atoms with van der Waals surface area (Å²) in [5.41, 5.74) is 7.15. The molecule has 5 nitrogen and oxygen atoms in total. The van der Waals surface area contributed by atoms with Crippen LogP contribution in [-0.4, -0.2) is 17.0 Å². The second kappa shape index (κ2) is 6.85. The van der Waals surface area contributed by atoms with Crippen molar-refractivity contribution in [3.05, 3.63) is 47.2 Å². The van der Waals surface area contributed by atoms with E-state index in [0.717, 1.165) is 17.1 Å². The second-order valence-electron chi connectivity index (χ2n) is 4.99. The molecule has 0 bridgehead atoms. The van der Waals surface area contributed by atoms with Gasteiger partial charge in [-0.2, -0.15) is 0 Å². The Morgan fingerprint density at radius 3 is 2.73 bits per heavy atom. The molecule has 0 spiro atoms. The molecule has 116 valence electrons. The molecule has 0 amide bonds. The van der Waals surface area contributed by atoms with Gasteiger partial charge in [-0.15, -0.1) is 11.8 Å². The number of halogens is 1. The van der Waals surface area contributed by atoms with Gasteiger partial charge in [-0.1, -0.05) is 11.6 Å². The van der Waals surface area contributed by atoms with Crippen LogP contribution in [0.2, 0.25) is 5.02 Å². The molecule has 1 fully saturated rings. The molecule has 3 rings (SSSR count). The average molecular weight is 338 g/mol. The van der Waals surface area contributed by atoms with Crippen molar-refractivity contribution in [1.29, 1.82) is 0 Å². The summed E-state index contributed by atoms with van der Waals surface area (Å²) >= 11 is 7.40. The third-order valence-corrected chi connectivity index (χ3v) is 4.58. The van der Waals surface area contributed by atoms with E-state index in [1.54, 1.807) is 6.92 Å². The van der Waals surface area contributed by atoms with Crippen molar-refractivity contribution in [3.63, 3.8) is 0 Å². The van der Waals surface area contributed by atoms with Gasteiger partial charge in [-0.25, -0.2) is 10.9 Å². The minimum Gasteiger partial charge on any atom is -0.458 e. The molecule has 0 radical (unpaired) electrons. The number of carbonyl (C=O) groups excluding carboxylic acids is 1. The number of furan rings is 1. The summed E-state index contributed by atoms with van der Waals surface area (Å²) in [5.74, 6) is 2.19. The Balaban J connectivity index is 1.64. The molecule has 0 aliphatic carbocycles. The number of nitrogens with one attached hydrogen (secondary N) is 3. The van der Waals surface area contributed by atoms with Crippen molar-refractivity contribution in [1.82, 2.24) is 16.2 Å². The number of benzene rings is 1. The summed E-state index contributed by atoms with van der Waals surface area (Å²) in [6.45, 7) is 1.58. The average Bonchev–Trinajstić information content (AvgIpc) is 3.15. The molecule has 22 heavy (non-hydrogen) atoms. The predicted octanol–water partition coefficient (Wildman–Crippen LogP) is 2.90. The number of Topliss-reactive ketones (excluding diaryl/α,β-unsaturated/α-hetero) is 1. The molecule has 3 N–H and O–H groups in total. The van der Waals surface area contributed by atoms with Gasteiger partial charge in [0.1, 0.15) is 29.0 Å². The van der Waals surface area contributed by atoms with E-state index in [9.17, 15) is 4.79 Å². The normalized spacial score (nSPS) is 21.2. The first-order chi connectivity index (χ1) is 10.6. The van der Waals surface area contributed by atoms with E-state index in [2.05, 4.69) is 16.2 Å². The number of hydrazine groups is 1. The maximum Gasteiger partial charge on any atom is 0.139 e. The highest BCUT2D eigenvalue weighted by Crippen LogP contribution is 2.27. The molecule has 2 heterocycles. The smallest absolute Gasteiger partial charge is 0.139 e. The highest BCUT2D eigenvalue weighted by atomic mass is 35.5. The molecular weight excluding hydrogens is 322 g/mol. The minimum absolute atomic E-state index is 0.0296. The van der Waals surface area contributed by atoms with Gasteiger partial charge in [0.05, 0.1) is 5.75 Å². The first kappa shape index (κ1) is 15.6. The topological polar surface area (TPSA) is 66.3 Å². The summed E-state index contributed by atoms with van der Waals surface area (Å²) in [6, 6.07) is 11.4. The van der Waals surface area contributed by atoms with Gasteiger partial charge >= 0.3 is 0 Å². The lowest BCUT2D eigenvalue weighted by Crippen LogP contribution is -2.31. The van der Waals surface area contributed by atoms with Gasteiger partial charge in [-0.05, 0) is 43.3 Å². The van der Waals surface area contributed by atoms with Crippen molar-refractivity contribution in [3.8, 4) is 11.3 Å². The lowest BCUT2D eigenvalue weighted by Gasteiger charge is -2.09. The predicted molar refractivity (Wildman–Crippen MR) is 88.2 cm³/mol. The van der Waals surface area contributed by atoms with E-state index in [0.29, 0.717) is 10.8 Å². The van der Waals surface area contributed by atoms with Crippen LogP contribution in [0.5, 0.6) is 0 Å². The number of thioether (sulfide) groups is 1. The second-order valence-corrected chi connectivity index (χ2v) is 6.52. The highest BCUT2D eigenvalue weighted by Gasteiger charge is 2.26. The Labute approximate surface area is 137 Å². The van der Waals surface area contributed by atoms with Crippen LogP contribution in [0.1, 0.15) is 18.8 Å². The van der Waals surface area contributed by atoms with Crippen molar-refractivity contribution in [2.75, 3.05) is 5.75 Å². The molecule has 2 unspecified atom stereocenters. The van der Waals surface area contributed by atoms with Crippen LogP contribution in [0.15, 0.2) is 40.8 Å². The fraction of sp³-hybridized carbons (Fsp3) is 0.267. The van der Waals surface area contributed by atoms with Crippen LogP contribution in [0.3, 0.4) is 0 Å². The number of carbonyl (C=O) groups is 1. The Kier molecular flexibility index (Phi) is 4.85. The molecule has 2 atom stereocenters. The highest BCUT2D eigenvalue weighted by molar-refractivity contribution is 8.00. The number of hydrogen-bond donors (Lipinski definition) is 3. The van der Waals surface area contributed by atoms with Gasteiger partial charge in [0.15, 0.2) is 0 Å². The Hall–Kier alpha value is -1.31. The van der Waals surface area contributed by atoms with Crippen LogP contribution in [0, 0.1) is 0 Å². The van der Waals surface area contributed by atoms with E-state index < -0.39 is 0 Å². The van der Waals surface area contributed by atoms with E-state index in [-0.39, 0.29) is 17.4 Å². The monoisotopic (exact) mass is 337 g/mol. The lowest BCUT2D eigenvalue weighted by molar-refractivity contribution is -0.114. The molecule has 1 aromatic heterocycles. The summed E-state index contributed by atoms with van der Waals surface area (Å²) in [7, 11) is 0. The Morgan fingerprint density at radius 2 is 2.00 bits per heavy atom. The standard InChI is InChI=1S/C15H16ClN3O2S/c1-9(20)8-22-15-17-14(18-19-15)13-7-6-12(21-13)10-2-4-11(16)5-3-10/h2-7,14-15,17-19H,8H2,1H3. The first-order valence-electron chi connectivity index (χ1n) is 6.85. The van der Waals surface area contributed by atoms with Crippen LogP contribution < -0.4 is 16.2 Å². The van der Waals surface area contributed by atoms with Crippen molar-refractivity contribution in [2.24, 2.45) is 0 Å². The van der Waals surface area contributed by atoms with Crippen molar-refractivity contribution >= 4 is 29.1 Å². The van der Waals surface area contributed by atoms with Crippen LogP contribution >= 0.6 is 23.4 Å². The van der Waals surface area contributed by atoms with Gasteiger partial charge in [-0.3, -0.25) is 10.1 Å². The van der Waals surface area contributed by atoms with Gasteiger partial charge in [0.2, 0.25) is 0 Å². The van der Waals surface area contributed by atoms with E-state index >= 15 is 0 Å². The maximum absolute atomic E-state index is 11.0. The molecule has 1 aliphatic rings. The quantitative estimate of drug-likeness (QED) is 0.779. The summed E-state index contributed by atoms with van der Waals surface area (Å²) < 4.78 is 5.88. The zero-order valence-corrected chi connectivity index (χ0v) is 13.5. The Morgan fingerprint density at radius 1 is 1.23 bits per heavy atom. The van der Waals surface area contributed by atoms with Gasteiger partial charge < -0.3 is 4.42 Å². The third-order valence-electron chi connectivity index (χ3n) is 3.17. The molecule has 1 aliphatic heterocycles. The van der Waals surface area contributed by atoms with E-state index in [4.69, 9.17) is 16.0 Å². The molecule has 7 heteroatoms. The number of rotatable bonds is 5. The van der Waals surface area contributed by atoms with Crippen molar-refractivity contribution in [2.45, 2.75) is 18.6 Å². The lowest BCUT2D eigenvalue weighted by atomic mass is 10.2.